The largest absolute Gasteiger partial charge is 0.393 e. The van der Waals surface area contributed by atoms with Crippen molar-refractivity contribution in [2.75, 3.05) is 6.54 Å². The van der Waals surface area contributed by atoms with E-state index in [0.29, 0.717) is 47.4 Å². The molecule has 0 spiro atoms. The molecule has 1 saturated carbocycles. The van der Waals surface area contributed by atoms with Gasteiger partial charge < -0.3 is 15.3 Å². The number of amides is 2. The summed E-state index contributed by atoms with van der Waals surface area (Å²) in [6, 6.07) is 22.6. The van der Waals surface area contributed by atoms with Gasteiger partial charge in [0.25, 0.3) is 5.91 Å². The minimum Gasteiger partial charge on any atom is -0.393 e. The summed E-state index contributed by atoms with van der Waals surface area (Å²) in [6.07, 6.45) is 2.14. The second kappa shape index (κ2) is 10.9. The SMILES string of the molecule is O=C(CNC(=O)[C@@H]1c2ccccc2C(=O)N([C@H]2CC[C@H](O)CC2)[C@H]1c1ccc(Cl)cc1)c1ccccc1. The van der Waals surface area contributed by atoms with Gasteiger partial charge >= 0.3 is 0 Å². The van der Waals surface area contributed by atoms with Crippen molar-refractivity contribution in [2.45, 2.75) is 49.8 Å². The van der Waals surface area contributed by atoms with Gasteiger partial charge in [-0.15, -0.1) is 0 Å². The van der Waals surface area contributed by atoms with Gasteiger partial charge in [-0.2, -0.15) is 0 Å². The van der Waals surface area contributed by atoms with E-state index in [1.807, 2.05) is 35.2 Å². The molecule has 0 unspecified atom stereocenters. The Morgan fingerprint density at radius 3 is 2.24 bits per heavy atom. The van der Waals surface area contributed by atoms with Crippen molar-refractivity contribution in [1.29, 1.82) is 0 Å². The Bertz CT molecular complexity index is 1290. The van der Waals surface area contributed by atoms with Crippen molar-refractivity contribution >= 4 is 29.2 Å². The van der Waals surface area contributed by atoms with Crippen molar-refractivity contribution < 1.29 is 19.5 Å². The molecule has 1 heterocycles. The van der Waals surface area contributed by atoms with E-state index < -0.39 is 12.0 Å². The van der Waals surface area contributed by atoms with Crippen molar-refractivity contribution in [1.82, 2.24) is 10.2 Å². The van der Waals surface area contributed by atoms with E-state index in [1.54, 1.807) is 48.5 Å². The highest BCUT2D eigenvalue weighted by molar-refractivity contribution is 6.30. The quantitative estimate of drug-likeness (QED) is 0.455. The number of aliphatic hydroxyl groups excluding tert-OH is 1. The Morgan fingerprint density at radius 2 is 1.54 bits per heavy atom. The average molecular weight is 517 g/mol. The van der Waals surface area contributed by atoms with E-state index in [-0.39, 0.29) is 36.3 Å². The molecule has 5 rings (SSSR count). The monoisotopic (exact) mass is 516 g/mol. The Balaban J connectivity index is 1.54. The number of hydrogen-bond acceptors (Lipinski definition) is 4. The maximum atomic E-state index is 13.9. The molecule has 190 valence electrons. The molecule has 1 aliphatic carbocycles. The lowest BCUT2D eigenvalue weighted by Gasteiger charge is -2.47. The van der Waals surface area contributed by atoms with Crippen LogP contribution in [0.3, 0.4) is 0 Å². The van der Waals surface area contributed by atoms with Crippen LogP contribution in [0.5, 0.6) is 0 Å². The number of nitrogens with zero attached hydrogens (tertiary/aromatic N) is 1. The molecule has 37 heavy (non-hydrogen) atoms. The van der Waals surface area contributed by atoms with Gasteiger partial charge in [-0.05, 0) is 55.0 Å². The van der Waals surface area contributed by atoms with Crippen LogP contribution >= 0.6 is 11.6 Å². The van der Waals surface area contributed by atoms with Gasteiger partial charge in [0.05, 0.1) is 24.6 Å². The van der Waals surface area contributed by atoms with Crippen LogP contribution in [0, 0.1) is 0 Å². The van der Waals surface area contributed by atoms with Crippen LogP contribution in [-0.2, 0) is 4.79 Å². The third-order valence-electron chi connectivity index (χ3n) is 7.45. The normalized spacial score (nSPS) is 23.3. The predicted octanol–water partition coefficient (Wildman–Crippen LogP) is 4.92. The molecule has 0 saturated heterocycles. The fourth-order valence-electron chi connectivity index (χ4n) is 5.59. The second-order valence-electron chi connectivity index (χ2n) is 9.74. The van der Waals surface area contributed by atoms with Gasteiger partial charge in [0, 0.05) is 22.2 Å². The maximum absolute atomic E-state index is 13.9. The molecule has 1 aliphatic heterocycles. The molecular weight excluding hydrogens is 488 g/mol. The number of rotatable bonds is 6. The number of fused-ring (bicyclic) bond motifs is 1. The molecule has 2 aliphatic rings. The molecule has 3 aromatic carbocycles. The Kier molecular flexibility index (Phi) is 7.40. The number of aliphatic hydroxyl groups is 1. The predicted molar refractivity (Wildman–Crippen MR) is 142 cm³/mol. The highest BCUT2D eigenvalue weighted by atomic mass is 35.5. The Hall–Kier alpha value is -3.48. The third kappa shape index (κ3) is 5.17. The third-order valence-corrected chi connectivity index (χ3v) is 7.70. The summed E-state index contributed by atoms with van der Waals surface area (Å²) in [6.45, 7) is -0.140. The number of benzene rings is 3. The van der Waals surface area contributed by atoms with Gasteiger partial charge in [-0.3, -0.25) is 14.4 Å². The first kappa shape index (κ1) is 25.2. The number of Topliss-reactive ketones (excluding diaryl/α,β-unsaturated/α-hetero) is 1. The van der Waals surface area contributed by atoms with E-state index in [9.17, 15) is 19.5 Å². The van der Waals surface area contributed by atoms with Gasteiger partial charge in [0.2, 0.25) is 5.91 Å². The summed E-state index contributed by atoms with van der Waals surface area (Å²) in [7, 11) is 0. The first-order chi connectivity index (χ1) is 17.9. The van der Waals surface area contributed by atoms with Gasteiger partial charge in [0.1, 0.15) is 0 Å². The zero-order valence-electron chi connectivity index (χ0n) is 20.3. The minimum atomic E-state index is -0.717. The molecule has 6 nitrogen and oxygen atoms in total. The number of carbonyl (C=O) groups excluding carboxylic acids is 3. The second-order valence-corrected chi connectivity index (χ2v) is 10.2. The van der Waals surface area contributed by atoms with Crippen LogP contribution in [0.1, 0.15) is 69.5 Å². The molecule has 2 atom stereocenters. The number of ketones is 1. The van der Waals surface area contributed by atoms with Crippen LogP contribution in [0.4, 0.5) is 0 Å². The molecule has 1 fully saturated rings. The van der Waals surface area contributed by atoms with E-state index in [4.69, 9.17) is 11.6 Å². The summed E-state index contributed by atoms with van der Waals surface area (Å²) >= 11 is 6.18. The lowest BCUT2D eigenvalue weighted by molar-refractivity contribution is -0.124. The van der Waals surface area contributed by atoms with Crippen LogP contribution < -0.4 is 5.32 Å². The van der Waals surface area contributed by atoms with Crippen molar-refractivity contribution in [2.24, 2.45) is 0 Å². The summed E-state index contributed by atoms with van der Waals surface area (Å²) in [4.78, 5) is 42.4. The van der Waals surface area contributed by atoms with Gasteiger partial charge in [-0.25, -0.2) is 0 Å². The highest BCUT2D eigenvalue weighted by Crippen LogP contribution is 2.46. The standard InChI is InChI=1S/C30H29ClN2O4/c31-21-12-10-20(11-13-21)28-27(29(36)32-18-26(35)19-6-2-1-3-7-19)24-8-4-5-9-25(24)30(37)33(28)22-14-16-23(34)17-15-22/h1-13,22-23,27-28,34H,14-18H2,(H,32,36)/t22-,23-,27-,28+/m1/s1. The minimum absolute atomic E-state index is 0.119. The van der Waals surface area contributed by atoms with Gasteiger partial charge in [-0.1, -0.05) is 72.3 Å². The fourth-order valence-corrected chi connectivity index (χ4v) is 5.72. The first-order valence-corrected chi connectivity index (χ1v) is 13.0. The molecule has 3 aromatic rings. The molecular formula is C30H29ClN2O4. The number of halogens is 1. The number of carbonyl (C=O) groups is 3. The Labute approximate surface area is 221 Å². The molecule has 0 aromatic heterocycles. The number of nitrogens with one attached hydrogen (secondary N) is 1. The lowest BCUT2D eigenvalue weighted by atomic mass is 9.77. The first-order valence-electron chi connectivity index (χ1n) is 12.6. The summed E-state index contributed by atoms with van der Waals surface area (Å²) in [5.41, 5.74) is 2.46. The van der Waals surface area contributed by atoms with Crippen LogP contribution in [0.25, 0.3) is 0 Å². The van der Waals surface area contributed by atoms with Crippen molar-refractivity contribution in [3.63, 3.8) is 0 Å². The zero-order valence-corrected chi connectivity index (χ0v) is 21.1. The van der Waals surface area contributed by atoms with E-state index >= 15 is 0 Å². The number of hydrogen-bond donors (Lipinski definition) is 2. The van der Waals surface area contributed by atoms with E-state index in [1.165, 1.54) is 0 Å². The topological polar surface area (TPSA) is 86.7 Å². The van der Waals surface area contributed by atoms with E-state index in [2.05, 4.69) is 5.32 Å². The summed E-state index contributed by atoms with van der Waals surface area (Å²) in [5.74, 6) is -1.34. The van der Waals surface area contributed by atoms with Crippen molar-refractivity contribution in [3.05, 3.63) is 106 Å². The summed E-state index contributed by atoms with van der Waals surface area (Å²) in [5, 5.41) is 13.5. The smallest absolute Gasteiger partial charge is 0.254 e. The van der Waals surface area contributed by atoms with E-state index in [0.717, 1.165) is 5.56 Å². The lowest BCUT2D eigenvalue weighted by Crippen LogP contribution is -2.52. The molecule has 0 radical (unpaired) electrons. The van der Waals surface area contributed by atoms with Crippen LogP contribution in [-0.4, -0.2) is 46.3 Å². The summed E-state index contributed by atoms with van der Waals surface area (Å²) < 4.78 is 0. The average Bonchev–Trinajstić information content (AvgIpc) is 2.93. The van der Waals surface area contributed by atoms with Crippen LogP contribution in [0.15, 0.2) is 78.9 Å². The molecule has 2 N–H and O–H groups in total. The van der Waals surface area contributed by atoms with Crippen LogP contribution in [0.2, 0.25) is 5.02 Å². The van der Waals surface area contributed by atoms with Gasteiger partial charge in [0.15, 0.2) is 5.78 Å². The highest BCUT2D eigenvalue weighted by Gasteiger charge is 2.47. The fraction of sp³-hybridized carbons (Fsp3) is 0.300. The Morgan fingerprint density at radius 1 is 0.892 bits per heavy atom. The zero-order chi connectivity index (χ0) is 25.9. The molecule has 0 bridgehead atoms. The maximum Gasteiger partial charge on any atom is 0.254 e. The van der Waals surface area contributed by atoms with Crippen molar-refractivity contribution in [3.8, 4) is 0 Å². The molecule has 2 amide bonds. The molecule has 7 heteroatoms.